The number of nitrogens with zero attached hydrogens (tertiary/aromatic N) is 2. The maximum atomic E-state index is 10.9. The van der Waals surface area contributed by atoms with Crippen molar-refractivity contribution < 1.29 is 19.2 Å². The second-order valence-electron chi connectivity index (χ2n) is 3.95. The summed E-state index contributed by atoms with van der Waals surface area (Å²) in [4.78, 5) is 25.0. The summed E-state index contributed by atoms with van der Waals surface area (Å²) >= 11 is 1.13. The Labute approximate surface area is 123 Å². The first-order chi connectivity index (χ1) is 9.95. The number of anilines is 1. The van der Waals surface area contributed by atoms with Crippen LogP contribution in [0, 0.1) is 10.1 Å². The molecule has 2 rings (SSSR count). The molecule has 0 bridgehead atoms. The fraction of sp³-hybridized carbons (Fsp3) is 0.167. The number of benzene rings is 1. The minimum atomic E-state index is -0.536. The lowest BCUT2D eigenvalue weighted by Gasteiger charge is -2.09. The quantitative estimate of drug-likeness (QED) is 0.512. The average Bonchev–Trinajstić information content (AvgIpc) is 2.82. The predicted octanol–water partition coefficient (Wildman–Crippen LogP) is 2.49. The number of hydrogen-bond donors (Lipinski definition) is 1. The second kappa shape index (κ2) is 6.18. The van der Waals surface area contributed by atoms with Gasteiger partial charge in [-0.15, -0.1) is 0 Å². The van der Waals surface area contributed by atoms with Gasteiger partial charge in [-0.1, -0.05) is 11.3 Å². The van der Waals surface area contributed by atoms with Crippen LogP contribution in [0.2, 0.25) is 0 Å². The van der Waals surface area contributed by atoms with Gasteiger partial charge in [0.15, 0.2) is 5.13 Å². The number of nitrogen functional groups attached to an aromatic ring is 1. The lowest BCUT2D eigenvalue weighted by atomic mass is 10.2. The summed E-state index contributed by atoms with van der Waals surface area (Å²) in [6.45, 7) is 1.13. The van der Waals surface area contributed by atoms with Gasteiger partial charge in [-0.05, 0) is 6.07 Å². The minimum Gasteiger partial charge on any atom is -0.461 e. The summed E-state index contributed by atoms with van der Waals surface area (Å²) in [6.07, 6.45) is 1.44. The molecule has 110 valence electrons. The number of ether oxygens (including phenoxy) is 2. The predicted molar refractivity (Wildman–Crippen MR) is 75.2 cm³/mol. The molecule has 1 aromatic carbocycles. The largest absolute Gasteiger partial charge is 0.461 e. The Balaban J connectivity index is 2.29. The molecule has 0 aliphatic heterocycles. The van der Waals surface area contributed by atoms with Gasteiger partial charge in [-0.2, -0.15) is 0 Å². The van der Waals surface area contributed by atoms with Gasteiger partial charge >= 0.3 is 5.97 Å². The van der Waals surface area contributed by atoms with E-state index < -0.39 is 10.9 Å². The van der Waals surface area contributed by atoms with E-state index in [0.29, 0.717) is 21.5 Å². The van der Waals surface area contributed by atoms with Gasteiger partial charge in [-0.3, -0.25) is 14.9 Å². The number of non-ortho nitro benzene ring substituents is 1. The summed E-state index contributed by atoms with van der Waals surface area (Å²) in [5, 5.41) is 11.6. The monoisotopic (exact) mass is 309 g/mol. The lowest BCUT2D eigenvalue weighted by molar-refractivity contribution is -0.385. The van der Waals surface area contributed by atoms with Gasteiger partial charge in [0.2, 0.25) is 5.06 Å². The second-order valence-corrected chi connectivity index (χ2v) is 4.97. The number of carbonyl (C=O) groups is 1. The van der Waals surface area contributed by atoms with Crippen LogP contribution >= 0.6 is 11.3 Å². The number of aromatic nitrogens is 1. The highest BCUT2D eigenvalue weighted by atomic mass is 32.1. The van der Waals surface area contributed by atoms with Gasteiger partial charge in [0, 0.05) is 24.6 Å². The van der Waals surface area contributed by atoms with E-state index in [1.807, 2.05) is 0 Å². The third-order valence-electron chi connectivity index (χ3n) is 2.40. The molecule has 0 spiro atoms. The van der Waals surface area contributed by atoms with Crippen molar-refractivity contribution >= 4 is 28.1 Å². The van der Waals surface area contributed by atoms with E-state index in [1.54, 1.807) is 0 Å². The van der Waals surface area contributed by atoms with Crippen LogP contribution in [-0.4, -0.2) is 15.9 Å². The smallest absolute Gasteiger partial charge is 0.302 e. The average molecular weight is 309 g/mol. The van der Waals surface area contributed by atoms with Crippen molar-refractivity contribution in [3.05, 3.63) is 40.1 Å². The first kappa shape index (κ1) is 14.7. The molecule has 0 amide bonds. The highest BCUT2D eigenvalue weighted by Gasteiger charge is 2.14. The molecule has 1 aromatic heterocycles. The zero-order valence-electron chi connectivity index (χ0n) is 10.9. The third-order valence-corrected chi connectivity index (χ3v) is 3.10. The number of nitro groups is 1. The van der Waals surface area contributed by atoms with Crippen molar-refractivity contribution in [2.75, 3.05) is 5.73 Å². The zero-order valence-corrected chi connectivity index (χ0v) is 11.8. The highest BCUT2D eigenvalue weighted by molar-refractivity contribution is 7.17. The van der Waals surface area contributed by atoms with Crippen molar-refractivity contribution in [1.29, 1.82) is 0 Å². The molecule has 0 fully saturated rings. The minimum absolute atomic E-state index is 0.117. The highest BCUT2D eigenvalue weighted by Crippen LogP contribution is 2.33. The van der Waals surface area contributed by atoms with Crippen molar-refractivity contribution in [1.82, 2.24) is 4.98 Å². The van der Waals surface area contributed by atoms with Crippen LogP contribution in [0.4, 0.5) is 10.8 Å². The van der Waals surface area contributed by atoms with Gasteiger partial charge in [0.25, 0.3) is 5.69 Å². The summed E-state index contributed by atoms with van der Waals surface area (Å²) in [6, 6.07) is 4.03. The van der Waals surface area contributed by atoms with Crippen molar-refractivity contribution in [2.45, 2.75) is 13.5 Å². The van der Waals surface area contributed by atoms with Gasteiger partial charge in [0.1, 0.15) is 12.4 Å². The summed E-state index contributed by atoms with van der Waals surface area (Å²) in [5.41, 5.74) is 5.76. The first-order valence-electron chi connectivity index (χ1n) is 5.75. The molecule has 0 saturated heterocycles. The third kappa shape index (κ3) is 3.89. The number of nitrogens with two attached hydrogens (primary N) is 1. The summed E-state index contributed by atoms with van der Waals surface area (Å²) < 4.78 is 10.4. The van der Waals surface area contributed by atoms with E-state index in [-0.39, 0.29) is 12.3 Å². The topological polar surface area (TPSA) is 118 Å². The van der Waals surface area contributed by atoms with E-state index in [4.69, 9.17) is 15.2 Å². The number of rotatable bonds is 5. The number of nitro benzene ring substituents is 1. The molecule has 9 heteroatoms. The molecule has 0 unspecified atom stereocenters. The molecular weight excluding hydrogens is 298 g/mol. The van der Waals surface area contributed by atoms with E-state index in [9.17, 15) is 14.9 Å². The van der Waals surface area contributed by atoms with Gasteiger partial charge < -0.3 is 15.2 Å². The Hall–Kier alpha value is -2.68. The summed E-state index contributed by atoms with van der Waals surface area (Å²) in [7, 11) is 0. The molecule has 0 aliphatic carbocycles. The van der Waals surface area contributed by atoms with Crippen LogP contribution in [0.15, 0.2) is 24.4 Å². The van der Waals surface area contributed by atoms with Crippen LogP contribution < -0.4 is 10.5 Å². The zero-order chi connectivity index (χ0) is 15.4. The van der Waals surface area contributed by atoms with E-state index in [1.165, 1.54) is 31.3 Å². The Morgan fingerprint density at radius 3 is 2.86 bits per heavy atom. The fourth-order valence-electron chi connectivity index (χ4n) is 1.50. The number of hydrogen-bond acceptors (Lipinski definition) is 8. The molecule has 2 aromatic rings. The van der Waals surface area contributed by atoms with Crippen LogP contribution in [0.25, 0.3) is 0 Å². The van der Waals surface area contributed by atoms with Crippen molar-refractivity contribution in [2.24, 2.45) is 0 Å². The Morgan fingerprint density at radius 2 is 2.29 bits per heavy atom. The molecule has 1 heterocycles. The molecule has 0 aliphatic rings. The van der Waals surface area contributed by atoms with Crippen LogP contribution in [0.5, 0.6) is 10.8 Å². The normalized spacial score (nSPS) is 10.1. The molecule has 0 atom stereocenters. The fourth-order valence-corrected chi connectivity index (χ4v) is 2.05. The van der Waals surface area contributed by atoms with Crippen molar-refractivity contribution in [3.8, 4) is 10.8 Å². The summed E-state index contributed by atoms with van der Waals surface area (Å²) in [5.74, 6) is -0.153. The first-order valence-corrected chi connectivity index (χ1v) is 6.57. The van der Waals surface area contributed by atoms with Crippen molar-refractivity contribution in [3.63, 3.8) is 0 Å². The van der Waals surface area contributed by atoms with E-state index in [0.717, 1.165) is 11.3 Å². The maximum absolute atomic E-state index is 10.9. The van der Waals surface area contributed by atoms with E-state index >= 15 is 0 Å². The Morgan fingerprint density at radius 1 is 1.52 bits per heavy atom. The number of carbonyl (C=O) groups excluding carboxylic acids is 1. The number of esters is 1. The Bertz CT molecular complexity index is 685. The van der Waals surface area contributed by atoms with Gasteiger partial charge in [0.05, 0.1) is 11.1 Å². The van der Waals surface area contributed by atoms with E-state index in [2.05, 4.69) is 4.98 Å². The van der Waals surface area contributed by atoms with Crippen LogP contribution in [-0.2, 0) is 16.1 Å². The molecule has 0 radical (unpaired) electrons. The van der Waals surface area contributed by atoms with Crippen LogP contribution in [0.1, 0.15) is 12.5 Å². The van der Waals surface area contributed by atoms with Gasteiger partial charge in [-0.25, -0.2) is 4.98 Å². The lowest BCUT2D eigenvalue weighted by Crippen LogP contribution is -2.01. The Kier molecular flexibility index (Phi) is 4.33. The SMILES string of the molecule is CC(=O)OCc1cc([N+](=O)[O-])ccc1Oc1cnc(N)s1. The van der Waals surface area contributed by atoms with Crippen LogP contribution in [0.3, 0.4) is 0 Å². The molecule has 2 N–H and O–H groups in total. The molecular formula is C12H11N3O5S. The molecule has 0 saturated carbocycles. The number of thiazole rings is 1. The maximum Gasteiger partial charge on any atom is 0.302 e. The standard InChI is InChI=1S/C12H11N3O5S/c1-7(16)19-6-8-4-9(15(17)18)2-3-10(8)20-11-5-14-12(13)21-11/h2-5H,6H2,1H3,(H2,13,14). The molecule has 21 heavy (non-hydrogen) atoms. The molecule has 8 nitrogen and oxygen atoms in total.